The van der Waals surface area contributed by atoms with E-state index in [4.69, 9.17) is 11.5 Å². The van der Waals surface area contributed by atoms with Crippen molar-refractivity contribution in [1.29, 1.82) is 0 Å². The van der Waals surface area contributed by atoms with E-state index in [2.05, 4.69) is 0 Å². The van der Waals surface area contributed by atoms with Crippen LogP contribution in [0.5, 0.6) is 0 Å². The Hall–Kier alpha value is -0.0800. The Morgan fingerprint density at radius 1 is 1.56 bits per heavy atom. The quantitative estimate of drug-likeness (QED) is 0.585. The van der Waals surface area contributed by atoms with E-state index in [1.54, 1.807) is 0 Å². The molecule has 1 rings (SSSR count). The molecule has 2 nitrogen and oxygen atoms in total. The third kappa shape index (κ3) is 2.33. The van der Waals surface area contributed by atoms with E-state index in [0.29, 0.717) is 6.04 Å². The minimum Gasteiger partial charge on any atom is -0.328 e. The summed E-state index contributed by atoms with van der Waals surface area (Å²) in [6, 6.07) is 0.325. The fourth-order valence-corrected chi connectivity index (χ4v) is 0.926. The molecule has 0 unspecified atom stereocenters. The van der Waals surface area contributed by atoms with E-state index in [1.165, 1.54) is 12.8 Å². The highest BCUT2D eigenvalue weighted by atomic mass is 14.8. The van der Waals surface area contributed by atoms with Gasteiger partial charge in [0.2, 0.25) is 0 Å². The lowest BCUT2D eigenvalue weighted by Gasteiger charge is -2.09. The van der Waals surface area contributed by atoms with Gasteiger partial charge in [0.25, 0.3) is 0 Å². The van der Waals surface area contributed by atoms with Crippen LogP contribution in [0.3, 0.4) is 0 Å². The van der Waals surface area contributed by atoms with Crippen LogP contribution < -0.4 is 11.5 Å². The molecule has 0 bridgehead atoms. The van der Waals surface area contributed by atoms with E-state index in [1.807, 2.05) is 6.92 Å². The molecule has 0 heterocycles. The number of hydrogen-bond acceptors (Lipinski definition) is 2. The van der Waals surface area contributed by atoms with Crippen molar-refractivity contribution in [2.24, 2.45) is 11.5 Å². The normalized spacial score (nSPS) is 25.7. The van der Waals surface area contributed by atoms with Crippen LogP contribution in [0.15, 0.2) is 0 Å². The van der Waals surface area contributed by atoms with Crippen LogP contribution >= 0.6 is 0 Å². The molecule has 2 heteroatoms. The Morgan fingerprint density at radius 2 is 2.11 bits per heavy atom. The highest BCUT2D eigenvalue weighted by Crippen LogP contribution is 2.36. The van der Waals surface area contributed by atoms with Crippen molar-refractivity contribution in [1.82, 2.24) is 0 Å². The molecule has 1 atom stereocenters. The average molecular weight is 128 g/mol. The molecule has 1 saturated carbocycles. The van der Waals surface area contributed by atoms with Crippen molar-refractivity contribution in [3.8, 4) is 0 Å². The summed E-state index contributed by atoms with van der Waals surface area (Å²) in [5, 5.41) is 0. The van der Waals surface area contributed by atoms with Gasteiger partial charge in [0.05, 0.1) is 0 Å². The van der Waals surface area contributed by atoms with Gasteiger partial charge in [-0.25, -0.2) is 0 Å². The van der Waals surface area contributed by atoms with Crippen LogP contribution in [0.4, 0.5) is 0 Å². The highest BCUT2D eigenvalue weighted by molar-refractivity contribution is 4.98. The van der Waals surface area contributed by atoms with Crippen LogP contribution in [0, 0.1) is 0 Å². The van der Waals surface area contributed by atoms with E-state index >= 15 is 0 Å². The largest absolute Gasteiger partial charge is 0.328 e. The van der Waals surface area contributed by atoms with Crippen LogP contribution in [0.1, 0.15) is 32.6 Å². The number of nitrogens with two attached hydrogens (primary N) is 2. The summed E-state index contributed by atoms with van der Waals surface area (Å²) < 4.78 is 0. The predicted molar refractivity (Wildman–Crippen MR) is 39.0 cm³/mol. The summed E-state index contributed by atoms with van der Waals surface area (Å²) in [5.74, 6) is 0. The van der Waals surface area contributed by atoms with Gasteiger partial charge < -0.3 is 11.5 Å². The van der Waals surface area contributed by atoms with E-state index in [0.717, 1.165) is 12.8 Å². The zero-order chi connectivity index (χ0) is 6.91. The lowest BCUT2D eigenvalue weighted by atomic mass is 10.1. The van der Waals surface area contributed by atoms with Gasteiger partial charge >= 0.3 is 0 Å². The predicted octanol–water partition coefficient (Wildman–Crippen LogP) is 0.605. The average Bonchev–Trinajstić information content (AvgIpc) is 2.45. The van der Waals surface area contributed by atoms with Crippen molar-refractivity contribution >= 4 is 0 Å². The molecule has 9 heavy (non-hydrogen) atoms. The number of rotatable bonds is 3. The first-order valence-electron chi connectivity index (χ1n) is 3.67. The maximum Gasteiger partial charge on any atom is 0.0156 e. The second-order valence-corrected chi connectivity index (χ2v) is 3.38. The Kier molecular flexibility index (Phi) is 1.78. The molecule has 0 aromatic heterocycles. The summed E-state index contributed by atoms with van der Waals surface area (Å²) in [7, 11) is 0. The molecule has 1 aliphatic rings. The molecule has 4 N–H and O–H groups in total. The maximum absolute atomic E-state index is 5.84. The third-order valence-corrected chi connectivity index (χ3v) is 1.99. The van der Waals surface area contributed by atoms with Gasteiger partial charge in [0.15, 0.2) is 0 Å². The van der Waals surface area contributed by atoms with E-state index in [9.17, 15) is 0 Å². The minimum absolute atomic E-state index is 0.202. The van der Waals surface area contributed by atoms with Crippen LogP contribution in [0.2, 0.25) is 0 Å². The lowest BCUT2D eigenvalue weighted by Crippen LogP contribution is -2.25. The second-order valence-electron chi connectivity index (χ2n) is 3.38. The summed E-state index contributed by atoms with van der Waals surface area (Å²) in [4.78, 5) is 0. The molecule has 0 amide bonds. The van der Waals surface area contributed by atoms with Gasteiger partial charge in [-0.15, -0.1) is 0 Å². The fraction of sp³-hybridized carbons (Fsp3) is 1.00. The van der Waals surface area contributed by atoms with E-state index in [-0.39, 0.29) is 5.54 Å². The Balaban J connectivity index is 2.05. The Labute approximate surface area is 56.6 Å². The van der Waals surface area contributed by atoms with Crippen molar-refractivity contribution in [3.05, 3.63) is 0 Å². The SMILES string of the molecule is C[C@@H](N)CCC1(N)CC1. The standard InChI is InChI=1S/C7H16N2/c1-6(8)2-3-7(9)4-5-7/h6H,2-5,8-9H2,1H3/t6-/m1/s1. The topological polar surface area (TPSA) is 52.0 Å². The third-order valence-electron chi connectivity index (χ3n) is 1.99. The smallest absolute Gasteiger partial charge is 0.0156 e. The van der Waals surface area contributed by atoms with Crippen LogP contribution in [0.25, 0.3) is 0 Å². The lowest BCUT2D eigenvalue weighted by molar-refractivity contribution is 0.530. The van der Waals surface area contributed by atoms with Gasteiger partial charge in [-0.05, 0) is 32.6 Å². The van der Waals surface area contributed by atoms with Gasteiger partial charge in [-0.2, -0.15) is 0 Å². The van der Waals surface area contributed by atoms with Crippen LogP contribution in [-0.4, -0.2) is 11.6 Å². The Bertz CT molecular complexity index is 95.1. The first-order valence-corrected chi connectivity index (χ1v) is 3.67. The molecule has 0 saturated heterocycles. The maximum atomic E-state index is 5.84. The molecule has 1 aliphatic carbocycles. The van der Waals surface area contributed by atoms with Gasteiger partial charge in [0.1, 0.15) is 0 Å². The molecular weight excluding hydrogens is 112 g/mol. The van der Waals surface area contributed by atoms with Gasteiger partial charge in [0, 0.05) is 11.6 Å². The van der Waals surface area contributed by atoms with Crippen molar-refractivity contribution in [3.63, 3.8) is 0 Å². The molecular formula is C7H16N2. The zero-order valence-electron chi connectivity index (χ0n) is 6.06. The summed E-state index contributed by atoms with van der Waals surface area (Å²) in [5.41, 5.74) is 11.6. The molecule has 0 aromatic rings. The molecule has 0 aliphatic heterocycles. The van der Waals surface area contributed by atoms with Gasteiger partial charge in [-0.3, -0.25) is 0 Å². The van der Waals surface area contributed by atoms with Crippen molar-refractivity contribution in [2.75, 3.05) is 0 Å². The molecule has 0 aromatic carbocycles. The van der Waals surface area contributed by atoms with E-state index < -0.39 is 0 Å². The summed E-state index contributed by atoms with van der Waals surface area (Å²) >= 11 is 0. The zero-order valence-corrected chi connectivity index (χ0v) is 6.06. The highest BCUT2D eigenvalue weighted by Gasteiger charge is 2.37. The monoisotopic (exact) mass is 128 g/mol. The van der Waals surface area contributed by atoms with Crippen molar-refractivity contribution < 1.29 is 0 Å². The first kappa shape index (κ1) is 7.03. The van der Waals surface area contributed by atoms with Gasteiger partial charge in [-0.1, -0.05) is 0 Å². The van der Waals surface area contributed by atoms with Crippen LogP contribution in [-0.2, 0) is 0 Å². The molecule has 0 spiro atoms. The molecule has 1 fully saturated rings. The molecule has 54 valence electrons. The fourth-order valence-electron chi connectivity index (χ4n) is 0.926. The van der Waals surface area contributed by atoms with Crippen molar-refractivity contribution in [2.45, 2.75) is 44.2 Å². The first-order chi connectivity index (χ1) is 4.12. The summed E-state index contributed by atoms with van der Waals surface area (Å²) in [6.07, 6.45) is 4.61. The summed E-state index contributed by atoms with van der Waals surface area (Å²) in [6.45, 7) is 2.03. The number of hydrogen-bond donors (Lipinski definition) is 2. The minimum atomic E-state index is 0.202. The molecule has 0 radical (unpaired) electrons. The second kappa shape index (κ2) is 2.27. The Morgan fingerprint density at radius 3 is 2.44 bits per heavy atom.